The maximum absolute atomic E-state index is 11.8. The lowest BCUT2D eigenvalue weighted by molar-refractivity contribution is -0.299. The first kappa shape index (κ1) is 33.0. The molecule has 6 aliphatic rings. The highest BCUT2D eigenvalue weighted by Crippen LogP contribution is 2.70. The Hall–Kier alpha value is -0.960. The van der Waals surface area contributed by atoms with Gasteiger partial charge in [-0.05, 0) is 61.2 Å². The van der Waals surface area contributed by atoms with Gasteiger partial charge in [0.1, 0.15) is 24.4 Å². The Labute approximate surface area is 259 Å². The summed E-state index contributed by atoms with van der Waals surface area (Å²) in [5, 5.41) is 84.7. The van der Waals surface area contributed by atoms with Crippen molar-refractivity contribution in [2.75, 3.05) is 13.2 Å². The molecule has 0 aromatic rings. The molecule has 0 aromatic heterocycles. The summed E-state index contributed by atoms with van der Waals surface area (Å²) in [5.41, 5.74) is 0.878. The Bertz CT molecular complexity index is 1130. The van der Waals surface area contributed by atoms with Gasteiger partial charge in [-0.1, -0.05) is 44.6 Å². The fourth-order valence-electron chi connectivity index (χ4n) is 10.6. The molecule has 2 aliphatic heterocycles. The largest absolute Gasteiger partial charge is 0.394 e. The van der Waals surface area contributed by atoms with E-state index >= 15 is 0 Å². The van der Waals surface area contributed by atoms with Crippen LogP contribution in [0.2, 0.25) is 0 Å². The first-order chi connectivity index (χ1) is 20.7. The van der Waals surface area contributed by atoms with Gasteiger partial charge < -0.3 is 55.1 Å². The number of aliphatic hydroxyl groups is 8. The van der Waals surface area contributed by atoms with Crippen LogP contribution in [0.3, 0.4) is 0 Å². The minimum absolute atomic E-state index is 0.0216. The van der Waals surface area contributed by atoms with E-state index in [0.29, 0.717) is 31.3 Å². The van der Waals surface area contributed by atoms with E-state index in [2.05, 4.69) is 26.5 Å². The van der Waals surface area contributed by atoms with E-state index in [0.717, 1.165) is 18.4 Å². The molecule has 0 amide bonds. The van der Waals surface area contributed by atoms with Gasteiger partial charge in [-0.25, -0.2) is 0 Å². The van der Waals surface area contributed by atoms with Crippen LogP contribution in [0.1, 0.15) is 65.7 Å². The fourth-order valence-corrected chi connectivity index (χ4v) is 10.6. The molecule has 2 saturated heterocycles. The number of hydrogen-bond acceptors (Lipinski definition) is 11. The minimum atomic E-state index is -1.53. The lowest BCUT2D eigenvalue weighted by Gasteiger charge is -2.61. The predicted molar refractivity (Wildman–Crippen MR) is 156 cm³/mol. The first-order valence-corrected chi connectivity index (χ1v) is 16.4. The molecule has 11 nitrogen and oxygen atoms in total. The Morgan fingerprint density at radius 3 is 2.48 bits per heavy atom. The van der Waals surface area contributed by atoms with E-state index in [1.165, 1.54) is 0 Å². The third kappa shape index (κ3) is 4.97. The average Bonchev–Trinajstić information content (AvgIpc) is 3.39. The van der Waals surface area contributed by atoms with Crippen molar-refractivity contribution in [3.8, 4) is 0 Å². The van der Waals surface area contributed by atoms with Crippen LogP contribution in [0.25, 0.3) is 0 Å². The number of hydrogen-bond donors (Lipinski definition) is 8. The second-order valence-corrected chi connectivity index (χ2v) is 15.2. The Balaban J connectivity index is 1.10. The molecule has 44 heavy (non-hydrogen) atoms. The molecule has 3 saturated carbocycles. The summed E-state index contributed by atoms with van der Waals surface area (Å²) in [5.74, 6) is -1.19. The lowest BCUT2D eigenvalue weighted by atomic mass is 9.45. The number of aliphatic hydroxyl groups excluding tert-OH is 7. The molecule has 4 aliphatic carbocycles. The van der Waals surface area contributed by atoms with Crippen LogP contribution in [0.15, 0.2) is 23.8 Å². The standard InChI is InChI=1S/C33H52O11/c1-15(14-42-30-29(40)28(39)27(38)23(13-34)43-30)7-8-33(41)16(2)25-22(44-33)11-20-19-6-5-17-9-18(35)10-24(37)32(17,4)26(19)21(36)12-31(20,25)3/h5,16,18-30,34-41H,1,6-14H2,2-4H3. The Kier molecular flexibility index (Phi) is 8.71. The maximum atomic E-state index is 11.8. The quantitative estimate of drug-likeness (QED) is 0.183. The van der Waals surface area contributed by atoms with Gasteiger partial charge >= 0.3 is 0 Å². The second kappa shape index (κ2) is 11.6. The molecule has 0 bridgehead atoms. The molecule has 0 radical (unpaired) electrons. The van der Waals surface area contributed by atoms with Crippen molar-refractivity contribution >= 4 is 0 Å². The minimum Gasteiger partial charge on any atom is -0.394 e. The van der Waals surface area contributed by atoms with E-state index in [9.17, 15) is 40.9 Å². The average molecular weight is 625 g/mol. The molecule has 0 aromatic carbocycles. The van der Waals surface area contributed by atoms with Gasteiger partial charge in [0.25, 0.3) is 0 Å². The molecule has 8 N–H and O–H groups in total. The van der Waals surface area contributed by atoms with Gasteiger partial charge in [0, 0.05) is 24.2 Å². The molecule has 17 unspecified atom stereocenters. The molecule has 11 heteroatoms. The fraction of sp³-hybridized carbons (Fsp3) is 0.879. The molecule has 17 atom stereocenters. The monoisotopic (exact) mass is 624 g/mol. The second-order valence-electron chi connectivity index (χ2n) is 15.2. The van der Waals surface area contributed by atoms with Crippen LogP contribution < -0.4 is 0 Å². The zero-order chi connectivity index (χ0) is 31.9. The number of fused-ring (bicyclic) bond motifs is 7. The van der Waals surface area contributed by atoms with E-state index in [-0.39, 0.29) is 54.1 Å². The summed E-state index contributed by atoms with van der Waals surface area (Å²) in [7, 11) is 0. The summed E-state index contributed by atoms with van der Waals surface area (Å²) in [4.78, 5) is 0. The number of ether oxygens (including phenoxy) is 3. The van der Waals surface area contributed by atoms with Crippen molar-refractivity contribution in [2.45, 2.75) is 127 Å². The van der Waals surface area contributed by atoms with Crippen LogP contribution in [0, 0.1) is 40.4 Å². The van der Waals surface area contributed by atoms with E-state index < -0.39 is 66.8 Å². The van der Waals surface area contributed by atoms with Crippen molar-refractivity contribution in [1.29, 1.82) is 0 Å². The molecule has 0 spiro atoms. The van der Waals surface area contributed by atoms with Crippen molar-refractivity contribution < 1.29 is 55.1 Å². The molecule has 2 heterocycles. The molecule has 5 fully saturated rings. The van der Waals surface area contributed by atoms with Gasteiger partial charge in [0.2, 0.25) is 0 Å². The third-order valence-electron chi connectivity index (χ3n) is 12.9. The zero-order valence-corrected chi connectivity index (χ0v) is 26.0. The summed E-state index contributed by atoms with van der Waals surface area (Å²) >= 11 is 0. The van der Waals surface area contributed by atoms with Crippen LogP contribution in [-0.4, -0.2) is 115 Å². The topological polar surface area (TPSA) is 190 Å². The summed E-state index contributed by atoms with van der Waals surface area (Å²) in [6.45, 7) is 9.81. The van der Waals surface area contributed by atoms with E-state index in [4.69, 9.17) is 14.2 Å². The van der Waals surface area contributed by atoms with Gasteiger partial charge in [0.05, 0.1) is 37.6 Å². The highest BCUT2D eigenvalue weighted by Gasteiger charge is 2.70. The third-order valence-corrected chi connectivity index (χ3v) is 12.9. The van der Waals surface area contributed by atoms with Crippen LogP contribution in [0.5, 0.6) is 0 Å². The predicted octanol–water partition coefficient (Wildman–Crippen LogP) is 0.354. The van der Waals surface area contributed by atoms with Gasteiger partial charge in [-0.3, -0.25) is 0 Å². The van der Waals surface area contributed by atoms with Crippen LogP contribution in [-0.2, 0) is 14.2 Å². The van der Waals surface area contributed by atoms with E-state index in [1.54, 1.807) is 0 Å². The van der Waals surface area contributed by atoms with Crippen LogP contribution >= 0.6 is 0 Å². The first-order valence-electron chi connectivity index (χ1n) is 16.4. The van der Waals surface area contributed by atoms with Crippen molar-refractivity contribution in [2.24, 2.45) is 40.4 Å². The van der Waals surface area contributed by atoms with Gasteiger partial charge in [-0.15, -0.1) is 0 Å². The van der Waals surface area contributed by atoms with Gasteiger partial charge in [-0.2, -0.15) is 0 Å². The van der Waals surface area contributed by atoms with Crippen LogP contribution in [0.4, 0.5) is 0 Å². The lowest BCUT2D eigenvalue weighted by Crippen LogP contribution is -2.60. The molecular weight excluding hydrogens is 572 g/mol. The van der Waals surface area contributed by atoms with E-state index in [1.807, 2.05) is 6.92 Å². The Morgan fingerprint density at radius 1 is 1.05 bits per heavy atom. The Morgan fingerprint density at radius 2 is 1.77 bits per heavy atom. The molecule has 250 valence electrons. The zero-order valence-electron chi connectivity index (χ0n) is 26.0. The van der Waals surface area contributed by atoms with Crippen molar-refractivity contribution in [3.05, 3.63) is 23.8 Å². The molecule has 6 rings (SSSR count). The van der Waals surface area contributed by atoms with Crippen molar-refractivity contribution in [3.63, 3.8) is 0 Å². The normalized spacial score (nSPS) is 55.0. The molecular formula is C33H52O11. The number of rotatable bonds is 7. The highest BCUT2D eigenvalue weighted by molar-refractivity contribution is 5.29. The summed E-state index contributed by atoms with van der Waals surface area (Å²) in [6, 6.07) is 0. The summed E-state index contributed by atoms with van der Waals surface area (Å²) in [6.07, 6.45) is -2.95. The van der Waals surface area contributed by atoms with Gasteiger partial charge in [0.15, 0.2) is 12.1 Å². The van der Waals surface area contributed by atoms with Crippen molar-refractivity contribution in [1.82, 2.24) is 0 Å². The SMILES string of the molecule is C=C(CCC1(O)OC2CC3C4CC=C5CC(O)CC(O)C5(C)C4C(O)CC3(C)C2C1C)COC1OC(CO)C(O)C(O)C1O. The number of allylic oxidation sites excluding steroid dienone is 1. The smallest absolute Gasteiger partial charge is 0.187 e. The highest BCUT2D eigenvalue weighted by atomic mass is 16.7. The maximum Gasteiger partial charge on any atom is 0.187 e. The summed E-state index contributed by atoms with van der Waals surface area (Å²) < 4.78 is 17.5.